The molecule has 1 aromatic carbocycles. The first-order chi connectivity index (χ1) is 9.62. The normalized spacial score (nSPS) is 10.4. The highest BCUT2D eigenvalue weighted by molar-refractivity contribution is 5.69. The molecular weight excluding hydrogens is 256 g/mol. The smallest absolute Gasteiger partial charge is 0.255 e. The molecule has 0 atom stereocenters. The number of benzene rings is 1. The first-order valence-corrected chi connectivity index (χ1v) is 6.23. The second-order valence-corrected chi connectivity index (χ2v) is 4.38. The summed E-state index contributed by atoms with van der Waals surface area (Å²) in [6.45, 7) is 0.229. The molecule has 0 fully saturated rings. The van der Waals surface area contributed by atoms with Crippen LogP contribution in [0.5, 0.6) is 11.5 Å². The van der Waals surface area contributed by atoms with Crippen LogP contribution >= 0.6 is 0 Å². The van der Waals surface area contributed by atoms with E-state index in [0.717, 1.165) is 11.3 Å². The van der Waals surface area contributed by atoms with Gasteiger partial charge in [0.25, 0.3) is 5.56 Å². The van der Waals surface area contributed by atoms with Gasteiger partial charge in [-0.25, -0.2) is 0 Å². The van der Waals surface area contributed by atoms with Gasteiger partial charge in [0.15, 0.2) is 0 Å². The lowest BCUT2D eigenvalue weighted by Crippen LogP contribution is -2.24. The number of hydrogen-bond acceptors (Lipinski definition) is 4. The van der Waals surface area contributed by atoms with E-state index in [2.05, 4.69) is 0 Å². The van der Waals surface area contributed by atoms with Crippen molar-refractivity contribution in [1.29, 1.82) is 0 Å². The molecule has 0 saturated heterocycles. The minimum atomic E-state index is -0.0946. The Morgan fingerprint density at radius 1 is 1.15 bits per heavy atom. The van der Waals surface area contributed by atoms with Crippen LogP contribution in [-0.2, 0) is 13.6 Å². The Balaban J connectivity index is 2.63. The third kappa shape index (κ3) is 2.40. The van der Waals surface area contributed by atoms with Gasteiger partial charge in [-0.2, -0.15) is 0 Å². The zero-order chi connectivity index (χ0) is 14.7. The Morgan fingerprint density at radius 2 is 1.90 bits per heavy atom. The lowest BCUT2D eigenvalue weighted by Gasteiger charge is -2.14. The SMILES string of the molecule is COc1ccc(-c2ccc(CN)c(=O)n2C)c(OC)c1. The Kier molecular flexibility index (Phi) is 4.10. The molecule has 1 heterocycles. The van der Waals surface area contributed by atoms with Crippen LogP contribution in [0.25, 0.3) is 11.3 Å². The fourth-order valence-corrected chi connectivity index (χ4v) is 2.12. The van der Waals surface area contributed by atoms with Crippen LogP contribution in [0.15, 0.2) is 35.1 Å². The van der Waals surface area contributed by atoms with Gasteiger partial charge in [0.1, 0.15) is 11.5 Å². The number of pyridine rings is 1. The van der Waals surface area contributed by atoms with Crippen LogP contribution in [0.3, 0.4) is 0 Å². The number of nitrogens with zero attached hydrogens (tertiary/aromatic N) is 1. The molecule has 2 N–H and O–H groups in total. The third-order valence-electron chi connectivity index (χ3n) is 3.29. The van der Waals surface area contributed by atoms with Gasteiger partial charge in [-0.15, -0.1) is 0 Å². The van der Waals surface area contributed by atoms with Gasteiger partial charge < -0.3 is 19.8 Å². The topological polar surface area (TPSA) is 66.5 Å². The zero-order valence-corrected chi connectivity index (χ0v) is 11.8. The van der Waals surface area contributed by atoms with Crippen molar-refractivity contribution in [2.75, 3.05) is 14.2 Å². The zero-order valence-electron chi connectivity index (χ0n) is 11.8. The molecular formula is C15H18N2O3. The maximum absolute atomic E-state index is 12.1. The number of hydrogen-bond donors (Lipinski definition) is 1. The molecule has 0 spiro atoms. The van der Waals surface area contributed by atoms with Gasteiger partial charge in [0.05, 0.1) is 19.9 Å². The predicted octanol–water partition coefficient (Wildman–Crippen LogP) is 1.53. The summed E-state index contributed by atoms with van der Waals surface area (Å²) in [4.78, 5) is 12.1. The van der Waals surface area contributed by atoms with Crippen molar-refractivity contribution in [3.63, 3.8) is 0 Å². The van der Waals surface area contributed by atoms with Gasteiger partial charge in [-0.05, 0) is 18.2 Å². The third-order valence-corrected chi connectivity index (χ3v) is 3.29. The predicted molar refractivity (Wildman–Crippen MR) is 78.1 cm³/mol. The average molecular weight is 274 g/mol. The van der Waals surface area contributed by atoms with Crippen molar-refractivity contribution in [2.24, 2.45) is 12.8 Å². The fourth-order valence-electron chi connectivity index (χ4n) is 2.12. The summed E-state index contributed by atoms with van der Waals surface area (Å²) in [7, 11) is 4.91. The van der Waals surface area contributed by atoms with Gasteiger partial charge in [-0.1, -0.05) is 6.07 Å². The molecule has 0 amide bonds. The van der Waals surface area contributed by atoms with E-state index in [1.807, 2.05) is 18.2 Å². The highest BCUT2D eigenvalue weighted by atomic mass is 16.5. The molecule has 0 saturated carbocycles. The molecule has 1 aromatic heterocycles. The van der Waals surface area contributed by atoms with E-state index in [0.29, 0.717) is 17.1 Å². The Labute approximate surface area is 117 Å². The summed E-state index contributed by atoms with van der Waals surface area (Å²) in [6, 6.07) is 9.11. The molecule has 0 radical (unpaired) electrons. The second-order valence-electron chi connectivity index (χ2n) is 4.38. The fraction of sp³-hybridized carbons (Fsp3) is 0.267. The Hall–Kier alpha value is -2.27. The van der Waals surface area contributed by atoms with Crippen LogP contribution in [-0.4, -0.2) is 18.8 Å². The van der Waals surface area contributed by atoms with Crippen LogP contribution in [0, 0.1) is 0 Å². The standard InChI is InChI=1S/C15H18N2O3/c1-17-13(7-4-10(9-16)15(17)18)12-6-5-11(19-2)8-14(12)20-3/h4-8H,9,16H2,1-3H3. The van der Waals surface area contributed by atoms with Gasteiger partial charge in [0.2, 0.25) is 0 Å². The summed E-state index contributed by atoms with van der Waals surface area (Å²) in [5.41, 5.74) is 7.64. The van der Waals surface area contributed by atoms with E-state index < -0.39 is 0 Å². The minimum Gasteiger partial charge on any atom is -0.497 e. The van der Waals surface area contributed by atoms with Crippen molar-refractivity contribution in [3.8, 4) is 22.8 Å². The summed E-state index contributed by atoms with van der Waals surface area (Å²) in [5.74, 6) is 1.36. The quantitative estimate of drug-likeness (QED) is 0.918. The second kappa shape index (κ2) is 5.79. The molecule has 0 aliphatic heterocycles. The maximum Gasteiger partial charge on any atom is 0.255 e. The highest BCUT2D eigenvalue weighted by Crippen LogP contribution is 2.32. The van der Waals surface area contributed by atoms with E-state index in [9.17, 15) is 4.79 Å². The van der Waals surface area contributed by atoms with Crippen molar-refractivity contribution >= 4 is 0 Å². The Bertz CT molecular complexity index is 677. The summed E-state index contributed by atoms with van der Waals surface area (Å²) >= 11 is 0. The van der Waals surface area contributed by atoms with Crippen LogP contribution in [0.2, 0.25) is 0 Å². The van der Waals surface area contributed by atoms with Crippen molar-refractivity contribution in [2.45, 2.75) is 6.54 Å². The monoisotopic (exact) mass is 274 g/mol. The molecule has 106 valence electrons. The summed E-state index contributed by atoms with van der Waals surface area (Å²) < 4.78 is 12.1. The number of aromatic nitrogens is 1. The molecule has 2 aromatic rings. The first-order valence-electron chi connectivity index (χ1n) is 6.23. The largest absolute Gasteiger partial charge is 0.497 e. The molecule has 0 aliphatic rings. The van der Waals surface area contributed by atoms with Crippen molar-refractivity contribution in [3.05, 3.63) is 46.2 Å². The Morgan fingerprint density at radius 3 is 2.50 bits per heavy atom. The van der Waals surface area contributed by atoms with E-state index in [1.54, 1.807) is 38.0 Å². The number of rotatable bonds is 4. The lowest BCUT2D eigenvalue weighted by atomic mass is 10.1. The average Bonchev–Trinajstić information content (AvgIpc) is 2.49. The van der Waals surface area contributed by atoms with Gasteiger partial charge >= 0.3 is 0 Å². The van der Waals surface area contributed by atoms with Crippen molar-refractivity contribution < 1.29 is 9.47 Å². The van der Waals surface area contributed by atoms with Crippen LogP contribution in [0.1, 0.15) is 5.56 Å². The van der Waals surface area contributed by atoms with Gasteiger partial charge in [-0.3, -0.25) is 4.79 Å². The first kappa shape index (κ1) is 14.1. The lowest BCUT2D eigenvalue weighted by molar-refractivity contribution is 0.395. The molecule has 20 heavy (non-hydrogen) atoms. The highest BCUT2D eigenvalue weighted by Gasteiger charge is 2.12. The summed E-state index contributed by atoms with van der Waals surface area (Å²) in [5, 5.41) is 0. The molecule has 0 unspecified atom stereocenters. The molecule has 5 heteroatoms. The van der Waals surface area contributed by atoms with Crippen LogP contribution in [0.4, 0.5) is 0 Å². The van der Waals surface area contributed by atoms with E-state index in [4.69, 9.17) is 15.2 Å². The van der Waals surface area contributed by atoms with E-state index in [1.165, 1.54) is 0 Å². The number of nitrogens with two attached hydrogens (primary N) is 1. The molecule has 2 rings (SSSR count). The maximum atomic E-state index is 12.1. The summed E-state index contributed by atoms with van der Waals surface area (Å²) in [6.07, 6.45) is 0. The van der Waals surface area contributed by atoms with Crippen LogP contribution < -0.4 is 20.8 Å². The molecule has 0 bridgehead atoms. The number of ether oxygens (including phenoxy) is 2. The van der Waals surface area contributed by atoms with Gasteiger partial charge in [0, 0.05) is 30.8 Å². The van der Waals surface area contributed by atoms with Crippen molar-refractivity contribution in [1.82, 2.24) is 4.57 Å². The van der Waals surface area contributed by atoms with E-state index >= 15 is 0 Å². The minimum absolute atomic E-state index is 0.0946. The van der Waals surface area contributed by atoms with E-state index in [-0.39, 0.29) is 12.1 Å². The number of methoxy groups -OCH3 is 2. The molecule has 5 nitrogen and oxygen atoms in total. The molecule has 0 aliphatic carbocycles.